The maximum Gasteiger partial charge on any atom is 0.193 e. The highest BCUT2D eigenvalue weighted by Crippen LogP contribution is 2.22. The molecular weight excluding hydrogens is 231 g/mol. The van der Waals surface area contributed by atoms with Gasteiger partial charge >= 0.3 is 0 Å². The van der Waals surface area contributed by atoms with E-state index in [2.05, 4.69) is 0 Å². The van der Waals surface area contributed by atoms with Crippen molar-refractivity contribution < 1.29 is 8.81 Å². The van der Waals surface area contributed by atoms with E-state index in [1.165, 1.54) is 24.3 Å². The van der Waals surface area contributed by atoms with E-state index in [-0.39, 0.29) is 10.8 Å². The van der Waals surface area contributed by atoms with Gasteiger partial charge in [0.2, 0.25) is 0 Å². The van der Waals surface area contributed by atoms with Crippen molar-refractivity contribution in [3.63, 3.8) is 0 Å². The van der Waals surface area contributed by atoms with Crippen LogP contribution in [0.2, 0.25) is 0 Å². The molecule has 3 heteroatoms. The summed E-state index contributed by atoms with van der Waals surface area (Å²) in [5.74, 6) is 0.0435. The lowest BCUT2D eigenvalue weighted by molar-refractivity contribution is 0.608. The summed E-state index contributed by atoms with van der Waals surface area (Å²) < 4.78 is 18.7. The number of rotatable bonds is 1. The third-order valence-corrected chi connectivity index (χ3v) is 2.75. The Morgan fingerprint density at radius 3 is 2.50 bits per heavy atom. The average Bonchev–Trinajstić information content (AvgIpc) is 2.40. The van der Waals surface area contributed by atoms with Crippen LogP contribution in [0, 0.1) is 5.82 Å². The summed E-state index contributed by atoms with van der Waals surface area (Å²) in [6.45, 7) is 0. The molecule has 0 saturated carbocycles. The van der Waals surface area contributed by atoms with Crippen LogP contribution in [0.25, 0.3) is 22.3 Å². The van der Waals surface area contributed by atoms with Gasteiger partial charge in [-0.15, -0.1) is 0 Å². The monoisotopic (exact) mass is 240 g/mol. The summed E-state index contributed by atoms with van der Waals surface area (Å²) in [5, 5.41) is 0.259. The average molecular weight is 240 g/mol. The van der Waals surface area contributed by atoms with Gasteiger partial charge in [-0.3, -0.25) is 4.79 Å². The third kappa shape index (κ3) is 1.80. The molecule has 1 aromatic heterocycles. The number of halogens is 1. The summed E-state index contributed by atoms with van der Waals surface area (Å²) in [6, 6.07) is 14.7. The zero-order valence-electron chi connectivity index (χ0n) is 9.39. The van der Waals surface area contributed by atoms with Gasteiger partial charge in [-0.05, 0) is 18.2 Å². The molecule has 0 amide bonds. The van der Waals surface area contributed by atoms with Crippen molar-refractivity contribution in [3.8, 4) is 11.3 Å². The van der Waals surface area contributed by atoms with Gasteiger partial charge in [-0.2, -0.15) is 0 Å². The number of hydrogen-bond donors (Lipinski definition) is 0. The van der Waals surface area contributed by atoms with Crippen LogP contribution in [0.3, 0.4) is 0 Å². The highest BCUT2D eigenvalue weighted by Gasteiger charge is 2.07. The second kappa shape index (κ2) is 4.11. The van der Waals surface area contributed by atoms with Gasteiger partial charge in [0.05, 0.1) is 5.39 Å². The largest absolute Gasteiger partial charge is 0.456 e. The predicted octanol–water partition coefficient (Wildman–Crippen LogP) is 3.60. The summed E-state index contributed by atoms with van der Waals surface area (Å²) in [6.07, 6.45) is 0. The van der Waals surface area contributed by atoms with Crippen LogP contribution < -0.4 is 5.43 Å². The molecule has 1 heterocycles. The fourth-order valence-corrected chi connectivity index (χ4v) is 1.87. The quantitative estimate of drug-likeness (QED) is 0.650. The second-order valence-corrected chi connectivity index (χ2v) is 3.98. The predicted molar refractivity (Wildman–Crippen MR) is 67.9 cm³/mol. The molecule has 0 aliphatic carbocycles. The van der Waals surface area contributed by atoms with E-state index in [0.717, 1.165) is 5.56 Å². The third-order valence-electron chi connectivity index (χ3n) is 2.75. The molecular formula is C15H9FO2. The Kier molecular flexibility index (Phi) is 2.45. The fraction of sp³-hybridized carbons (Fsp3) is 0. The minimum Gasteiger partial charge on any atom is -0.456 e. The molecule has 3 rings (SSSR count). The van der Waals surface area contributed by atoms with E-state index in [9.17, 15) is 9.18 Å². The van der Waals surface area contributed by atoms with Crippen LogP contribution >= 0.6 is 0 Å². The van der Waals surface area contributed by atoms with E-state index < -0.39 is 5.82 Å². The standard InChI is InChI=1S/C15H9FO2/c16-11-6-7-14-12(8-11)13(17)9-15(18-14)10-4-2-1-3-5-10/h1-9H. The van der Waals surface area contributed by atoms with Crippen molar-refractivity contribution in [2.75, 3.05) is 0 Å². The minimum absolute atomic E-state index is 0.241. The Balaban J connectivity index is 2.29. The van der Waals surface area contributed by atoms with Gasteiger partial charge in [-0.1, -0.05) is 30.3 Å². The minimum atomic E-state index is -0.442. The smallest absolute Gasteiger partial charge is 0.193 e. The Hall–Kier alpha value is -2.42. The van der Waals surface area contributed by atoms with E-state index >= 15 is 0 Å². The number of fused-ring (bicyclic) bond motifs is 1. The Morgan fingerprint density at radius 2 is 1.72 bits per heavy atom. The fourth-order valence-electron chi connectivity index (χ4n) is 1.87. The zero-order chi connectivity index (χ0) is 12.5. The van der Waals surface area contributed by atoms with Crippen molar-refractivity contribution in [2.24, 2.45) is 0 Å². The lowest BCUT2D eigenvalue weighted by atomic mass is 10.1. The van der Waals surface area contributed by atoms with E-state index in [4.69, 9.17) is 4.42 Å². The number of hydrogen-bond acceptors (Lipinski definition) is 2. The van der Waals surface area contributed by atoms with Crippen molar-refractivity contribution in [1.82, 2.24) is 0 Å². The van der Waals surface area contributed by atoms with Crippen molar-refractivity contribution in [2.45, 2.75) is 0 Å². The molecule has 0 atom stereocenters. The Morgan fingerprint density at radius 1 is 0.944 bits per heavy atom. The lowest BCUT2D eigenvalue weighted by Gasteiger charge is -2.02. The van der Waals surface area contributed by atoms with Gasteiger partial charge in [0, 0.05) is 11.6 Å². The van der Waals surface area contributed by atoms with Gasteiger partial charge in [0.1, 0.15) is 17.2 Å². The van der Waals surface area contributed by atoms with Crippen LogP contribution in [-0.2, 0) is 0 Å². The summed E-state index contributed by atoms with van der Waals surface area (Å²) in [4.78, 5) is 11.9. The highest BCUT2D eigenvalue weighted by atomic mass is 19.1. The van der Waals surface area contributed by atoms with Crippen molar-refractivity contribution in [1.29, 1.82) is 0 Å². The summed E-state index contributed by atoms with van der Waals surface area (Å²) >= 11 is 0. The van der Waals surface area contributed by atoms with Crippen molar-refractivity contribution in [3.05, 3.63) is 70.6 Å². The molecule has 0 N–H and O–H groups in total. The topological polar surface area (TPSA) is 30.2 Å². The molecule has 2 nitrogen and oxygen atoms in total. The van der Waals surface area contributed by atoms with E-state index in [1.807, 2.05) is 30.3 Å². The molecule has 0 unspecified atom stereocenters. The van der Waals surface area contributed by atoms with Gasteiger partial charge in [0.15, 0.2) is 5.43 Å². The van der Waals surface area contributed by atoms with Gasteiger partial charge in [-0.25, -0.2) is 4.39 Å². The van der Waals surface area contributed by atoms with Crippen LogP contribution in [0.15, 0.2) is 63.8 Å². The van der Waals surface area contributed by atoms with Crippen LogP contribution in [0.1, 0.15) is 0 Å². The molecule has 0 aliphatic heterocycles. The van der Waals surface area contributed by atoms with E-state index in [1.54, 1.807) is 0 Å². The van der Waals surface area contributed by atoms with Crippen LogP contribution in [0.5, 0.6) is 0 Å². The second-order valence-electron chi connectivity index (χ2n) is 3.98. The Labute approximate surface area is 102 Å². The maximum absolute atomic E-state index is 13.1. The van der Waals surface area contributed by atoms with E-state index in [0.29, 0.717) is 11.3 Å². The first-order valence-electron chi connectivity index (χ1n) is 5.53. The van der Waals surface area contributed by atoms with Gasteiger partial charge < -0.3 is 4.42 Å². The molecule has 0 spiro atoms. The SMILES string of the molecule is O=c1cc(-c2ccccc2)oc2ccc(F)cc12. The van der Waals surface area contributed by atoms with Crippen LogP contribution in [0.4, 0.5) is 4.39 Å². The molecule has 0 radical (unpaired) electrons. The molecule has 0 fully saturated rings. The first kappa shape index (κ1) is 10.7. The summed E-state index contributed by atoms with van der Waals surface area (Å²) in [7, 11) is 0. The molecule has 0 aliphatic rings. The molecule has 0 bridgehead atoms. The highest BCUT2D eigenvalue weighted by molar-refractivity contribution is 5.78. The molecule has 18 heavy (non-hydrogen) atoms. The first-order valence-corrected chi connectivity index (χ1v) is 5.53. The maximum atomic E-state index is 13.1. The molecule has 2 aromatic carbocycles. The number of benzene rings is 2. The molecule has 0 saturated heterocycles. The zero-order valence-corrected chi connectivity index (χ0v) is 9.39. The Bertz CT molecular complexity index is 760. The first-order chi connectivity index (χ1) is 8.74. The van der Waals surface area contributed by atoms with Gasteiger partial charge in [0.25, 0.3) is 0 Å². The molecule has 3 aromatic rings. The lowest BCUT2D eigenvalue weighted by Crippen LogP contribution is -2.00. The molecule has 88 valence electrons. The summed E-state index contributed by atoms with van der Waals surface area (Å²) in [5.41, 5.74) is 0.971. The van der Waals surface area contributed by atoms with Crippen LogP contribution in [-0.4, -0.2) is 0 Å². The normalized spacial score (nSPS) is 10.7. The van der Waals surface area contributed by atoms with Crippen molar-refractivity contribution >= 4 is 11.0 Å².